The number of aromatic amines is 1. The maximum absolute atomic E-state index is 12.6. The quantitative estimate of drug-likeness (QED) is 0.616. The van der Waals surface area contributed by atoms with Gasteiger partial charge in [-0.25, -0.2) is 12.7 Å². The minimum Gasteiger partial charge on any atom is -0.379 e. The number of nitriles is 1. The van der Waals surface area contributed by atoms with E-state index in [1.54, 1.807) is 29.1 Å². The molecule has 11 heteroatoms. The Balaban J connectivity index is 1.74. The summed E-state index contributed by atoms with van der Waals surface area (Å²) in [4.78, 5) is 15.4. The number of ether oxygens (including phenoxy) is 1. The summed E-state index contributed by atoms with van der Waals surface area (Å²) < 4.78 is 32.9. The predicted molar refractivity (Wildman–Crippen MR) is 115 cm³/mol. The van der Waals surface area contributed by atoms with Gasteiger partial charge in [0.2, 0.25) is 10.0 Å². The van der Waals surface area contributed by atoms with Crippen molar-refractivity contribution in [2.24, 2.45) is 5.92 Å². The molecule has 10 nitrogen and oxygen atoms in total. The highest BCUT2D eigenvalue weighted by Crippen LogP contribution is 2.31. The van der Waals surface area contributed by atoms with Crippen LogP contribution in [0.15, 0.2) is 46.2 Å². The first-order valence-corrected chi connectivity index (χ1v) is 11.1. The number of anilines is 2. The average molecular weight is 443 g/mol. The van der Waals surface area contributed by atoms with E-state index in [1.807, 2.05) is 0 Å². The molecule has 2 atom stereocenters. The smallest absolute Gasteiger partial charge is 0.261 e. The van der Waals surface area contributed by atoms with Gasteiger partial charge < -0.3 is 15.0 Å². The summed E-state index contributed by atoms with van der Waals surface area (Å²) in [6.45, 7) is 0.847. The van der Waals surface area contributed by atoms with Crippen LogP contribution in [-0.2, 0) is 14.8 Å². The lowest BCUT2D eigenvalue weighted by Gasteiger charge is -2.27. The maximum Gasteiger partial charge on any atom is 0.261 e. The first-order chi connectivity index (χ1) is 14.8. The Hall–Kier alpha value is -3.20. The Morgan fingerprint density at radius 1 is 1.29 bits per heavy atom. The van der Waals surface area contributed by atoms with Gasteiger partial charge in [-0.2, -0.15) is 10.4 Å². The van der Waals surface area contributed by atoms with Crippen LogP contribution in [0.2, 0.25) is 0 Å². The molecule has 0 amide bonds. The highest BCUT2D eigenvalue weighted by Gasteiger charge is 2.30. The third-order valence-corrected chi connectivity index (χ3v) is 7.16. The van der Waals surface area contributed by atoms with Crippen molar-refractivity contribution in [2.75, 3.05) is 32.6 Å². The van der Waals surface area contributed by atoms with Crippen LogP contribution in [0.3, 0.4) is 0 Å². The van der Waals surface area contributed by atoms with Gasteiger partial charge in [-0.05, 0) is 36.8 Å². The molecule has 0 saturated carbocycles. The Morgan fingerprint density at radius 3 is 2.71 bits per heavy atom. The van der Waals surface area contributed by atoms with Gasteiger partial charge in [0.25, 0.3) is 5.56 Å². The lowest BCUT2D eigenvalue weighted by molar-refractivity contribution is 0.0359. The Kier molecular flexibility index (Phi) is 5.53. The molecule has 1 aliphatic rings. The van der Waals surface area contributed by atoms with E-state index in [0.717, 1.165) is 4.31 Å². The van der Waals surface area contributed by atoms with E-state index >= 15 is 0 Å². The maximum atomic E-state index is 12.6. The predicted octanol–water partition coefficient (Wildman–Crippen LogP) is 1.82. The molecule has 162 valence electrons. The zero-order chi connectivity index (χ0) is 22.2. The summed E-state index contributed by atoms with van der Waals surface area (Å²) in [6, 6.07) is 9.94. The van der Waals surface area contributed by atoms with E-state index in [0.29, 0.717) is 42.0 Å². The van der Waals surface area contributed by atoms with Crippen molar-refractivity contribution in [1.29, 1.82) is 5.26 Å². The number of nitrogens with one attached hydrogen (secondary N) is 2. The highest BCUT2D eigenvalue weighted by atomic mass is 32.2. The largest absolute Gasteiger partial charge is 0.379 e. The minimum atomic E-state index is -3.54. The molecule has 1 unspecified atom stereocenters. The Labute approximate surface area is 179 Å². The van der Waals surface area contributed by atoms with E-state index < -0.39 is 10.0 Å². The lowest BCUT2D eigenvalue weighted by Crippen LogP contribution is -2.30. The molecule has 2 N–H and O–H groups in total. The number of H-pyrrole nitrogens is 1. The van der Waals surface area contributed by atoms with E-state index in [4.69, 9.17) is 4.74 Å². The first kappa shape index (κ1) is 21.0. The molecule has 3 aromatic rings. The highest BCUT2D eigenvalue weighted by molar-refractivity contribution is 7.89. The summed E-state index contributed by atoms with van der Waals surface area (Å²) >= 11 is 0. The van der Waals surface area contributed by atoms with Crippen molar-refractivity contribution in [3.63, 3.8) is 0 Å². The molecule has 0 spiro atoms. The SMILES string of the molecule is CN(C)S(=O)(=O)c1ccc(Nc2nn([C@H]3COCCC3C#N)c3cc[nH]c(=O)c23)cc1. The van der Waals surface area contributed by atoms with Crippen LogP contribution in [0.4, 0.5) is 11.5 Å². The first-order valence-electron chi connectivity index (χ1n) is 9.70. The fourth-order valence-electron chi connectivity index (χ4n) is 3.61. The topological polar surface area (TPSA) is 133 Å². The van der Waals surface area contributed by atoms with E-state index in [1.165, 1.54) is 26.2 Å². The summed E-state index contributed by atoms with van der Waals surface area (Å²) in [5.41, 5.74) is 0.848. The van der Waals surface area contributed by atoms with Gasteiger partial charge >= 0.3 is 0 Å². The molecule has 0 radical (unpaired) electrons. The van der Waals surface area contributed by atoms with Crippen molar-refractivity contribution in [3.05, 3.63) is 46.9 Å². The normalized spacial score (nSPS) is 19.4. The van der Waals surface area contributed by atoms with E-state index in [2.05, 4.69) is 21.5 Å². The average Bonchev–Trinajstić information content (AvgIpc) is 3.13. The van der Waals surface area contributed by atoms with Crippen molar-refractivity contribution in [2.45, 2.75) is 17.4 Å². The molecule has 3 heterocycles. The Bertz CT molecular complexity index is 1300. The molecular weight excluding hydrogens is 420 g/mol. The molecule has 4 rings (SSSR count). The van der Waals surface area contributed by atoms with Gasteiger partial charge in [0.1, 0.15) is 5.39 Å². The zero-order valence-corrected chi connectivity index (χ0v) is 17.9. The monoisotopic (exact) mass is 442 g/mol. The lowest BCUT2D eigenvalue weighted by atomic mass is 9.96. The number of nitrogens with zero attached hydrogens (tertiary/aromatic N) is 4. The number of aromatic nitrogens is 3. The molecule has 0 bridgehead atoms. The van der Waals surface area contributed by atoms with Crippen molar-refractivity contribution >= 4 is 32.4 Å². The molecule has 1 saturated heterocycles. The number of hydrogen-bond acceptors (Lipinski definition) is 7. The zero-order valence-electron chi connectivity index (χ0n) is 17.1. The standard InChI is InChI=1S/C20H22N6O4S/c1-25(2)31(28,29)15-5-3-14(4-6-15)23-19-18-16(7-9-22-20(18)27)26(24-19)17-12-30-10-8-13(17)11-21/h3-7,9,13,17H,8,10,12H2,1-2H3,(H,22,27)(H,23,24)/t13?,17-/m0/s1. The molecule has 1 fully saturated rings. The van der Waals surface area contributed by atoms with Crippen LogP contribution >= 0.6 is 0 Å². The molecule has 1 aromatic carbocycles. The number of pyridine rings is 1. The second-order valence-electron chi connectivity index (χ2n) is 7.46. The van der Waals surface area contributed by atoms with Crippen LogP contribution in [0.25, 0.3) is 10.9 Å². The Morgan fingerprint density at radius 2 is 2.03 bits per heavy atom. The van der Waals surface area contributed by atoms with E-state index in [9.17, 15) is 18.5 Å². The summed E-state index contributed by atoms with van der Waals surface area (Å²) in [6.07, 6.45) is 2.13. The van der Waals surface area contributed by atoms with Crippen molar-refractivity contribution < 1.29 is 13.2 Å². The fraction of sp³-hybridized carbons (Fsp3) is 0.350. The summed E-state index contributed by atoms with van der Waals surface area (Å²) in [5.74, 6) is 0.0434. The van der Waals surface area contributed by atoms with Crippen molar-refractivity contribution in [3.8, 4) is 6.07 Å². The molecule has 2 aromatic heterocycles. The summed E-state index contributed by atoms with van der Waals surface area (Å²) in [5, 5.41) is 17.6. The van der Waals surface area contributed by atoms with Crippen molar-refractivity contribution in [1.82, 2.24) is 19.1 Å². The second kappa shape index (κ2) is 8.14. The van der Waals surface area contributed by atoms with Gasteiger partial charge in [-0.1, -0.05) is 0 Å². The number of fused-ring (bicyclic) bond motifs is 1. The van der Waals surface area contributed by atoms with Gasteiger partial charge in [0.15, 0.2) is 5.82 Å². The van der Waals surface area contributed by atoms with Crippen LogP contribution in [0.5, 0.6) is 0 Å². The molecule has 31 heavy (non-hydrogen) atoms. The van der Waals surface area contributed by atoms with Gasteiger partial charge in [0.05, 0.1) is 35.0 Å². The number of rotatable bonds is 5. The van der Waals surface area contributed by atoms with E-state index in [-0.39, 0.29) is 22.4 Å². The fourth-order valence-corrected chi connectivity index (χ4v) is 4.51. The van der Waals surface area contributed by atoms with Crippen LogP contribution in [0, 0.1) is 17.2 Å². The number of hydrogen-bond donors (Lipinski definition) is 2. The third-order valence-electron chi connectivity index (χ3n) is 5.33. The molecule has 0 aliphatic carbocycles. The molecule has 1 aliphatic heterocycles. The van der Waals surface area contributed by atoms with Crippen LogP contribution in [-0.4, -0.2) is 54.8 Å². The number of benzene rings is 1. The third kappa shape index (κ3) is 3.81. The number of sulfonamides is 1. The van der Waals surface area contributed by atoms with Gasteiger partial charge in [-0.3, -0.25) is 9.48 Å². The van der Waals surface area contributed by atoms with Crippen LogP contribution in [0.1, 0.15) is 12.5 Å². The summed E-state index contributed by atoms with van der Waals surface area (Å²) in [7, 11) is -0.605. The van der Waals surface area contributed by atoms with Crippen LogP contribution < -0.4 is 10.9 Å². The molecular formula is C20H22N6O4S. The van der Waals surface area contributed by atoms with Gasteiger partial charge in [0, 0.05) is 32.6 Å². The minimum absolute atomic E-state index is 0.160. The second-order valence-corrected chi connectivity index (χ2v) is 9.62. The van der Waals surface area contributed by atoms with Gasteiger partial charge in [-0.15, -0.1) is 0 Å².